The van der Waals surface area contributed by atoms with Crippen LogP contribution < -0.4 is 10.6 Å². The lowest BCUT2D eigenvalue weighted by Crippen LogP contribution is -2.35. The van der Waals surface area contributed by atoms with Gasteiger partial charge in [0.05, 0.1) is 0 Å². The third-order valence-electron chi connectivity index (χ3n) is 3.98. The van der Waals surface area contributed by atoms with Crippen molar-refractivity contribution in [2.75, 3.05) is 11.9 Å². The second kappa shape index (κ2) is 6.19. The molecule has 0 aromatic heterocycles. The van der Waals surface area contributed by atoms with Crippen LogP contribution in [0.5, 0.6) is 0 Å². The molecule has 0 spiro atoms. The minimum Gasteiger partial charge on any atom is -0.337 e. The molecule has 0 aliphatic heterocycles. The van der Waals surface area contributed by atoms with Gasteiger partial charge >= 0.3 is 6.03 Å². The number of benzene rings is 2. The number of rotatable bonds is 4. The number of urea groups is 1. The van der Waals surface area contributed by atoms with Crippen LogP contribution in [0, 0.1) is 0 Å². The first-order valence-electron chi connectivity index (χ1n) is 7.14. The lowest BCUT2D eigenvalue weighted by molar-refractivity contribution is 0.251. The Morgan fingerprint density at radius 2 is 1.77 bits per heavy atom. The first kappa shape index (κ1) is 15.2. The molecule has 2 aromatic rings. The summed E-state index contributed by atoms with van der Waals surface area (Å²) in [5.74, 6) is 0. The van der Waals surface area contributed by atoms with Crippen molar-refractivity contribution in [2.45, 2.75) is 18.3 Å². The molecule has 2 aromatic carbocycles. The summed E-state index contributed by atoms with van der Waals surface area (Å²) >= 11 is 11.9. The van der Waals surface area contributed by atoms with Crippen molar-refractivity contribution >= 4 is 34.9 Å². The van der Waals surface area contributed by atoms with Gasteiger partial charge in [-0.1, -0.05) is 35.3 Å². The van der Waals surface area contributed by atoms with E-state index in [-0.39, 0.29) is 11.4 Å². The van der Waals surface area contributed by atoms with E-state index in [4.69, 9.17) is 23.2 Å². The van der Waals surface area contributed by atoms with Crippen LogP contribution in [-0.2, 0) is 5.41 Å². The van der Waals surface area contributed by atoms with Gasteiger partial charge in [-0.05, 0) is 54.8 Å². The van der Waals surface area contributed by atoms with Crippen molar-refractivity contribution in [2.24, 2.45) is 0 Å². The second-order valence-electron chi connectivity index (χ2n) is 5.61. The van der Waals surface area contributed by atoms with E-state index in [1.165, 1.54) is 5.56 Å². The molecule has 1 fully saturated rings. The first-order valence-corrected chi connectivity index (χ1v) is 7.89. The third kappa shape index (κ3) is 3.54. The van der Waals surface area contributed by atoms with Gasteiger partial charge < -0.3 is 10.6 Å². The van der Waals surface area contributed by atoms with E-state index in [2.05, 4.69) is 16.7 Å². The number of hydrogen-bond acceptors (Lipinski definition) is 1. The van der Waals surface area contributed by atoms with Crippen LogP contribution in [0.1, 0.15) is 18.4 Å². The monoisotopic (exact) mass is 334 g/mol. The van der Waals surface area contributed by atoms with E-state index in [9.17, 15) is 4.79 Å². The van der Waals surface area contributed by atoms with Crippen LogP contribution >= 0.6 is 23.2 Å². The normalized spacial score (nSPS) is 15.2. The molecule has 0 unspecified atom stereocenters. The van der Waals surface area contributed by atoms with Crippen LogP contribution in [0.25, 0.3) is 0 Å². The van der Waals surface area contributed by atoms with Crippen LogP contribution in [-0.4, -0.2) is 12.6 Å². The molecule has 0 atom stereocenters. The van der Waals surface area contributed by atoms with Crippen LogP contribution in [0.2, 0.25) is 10.0 Å². The minimum atomic E-state index is -0.212. The van der Waals surface area contributed by atoms with Crippen molar-refractivity contribution in [3.8, 4) is 0 Å². The maximum atomic E-state index is 12.0. The highest BCUT2D eigenvalue weighted by Crippen LogP contribution is 2.48. The number of hydrogen-bond donors (Lipinski definition) is 2. The van der Waals surface area contributed by atoms with E-state index < -0.39 is 0 Å². The second-order valence-corrected chi connectivity index (χ2v) is 6.48. The van der Waals surface area contributed by atoms with E-state index in [0.717, 1.165) is 23.6 Å². The Kier molecular flexibility index (Phi) is 4.27. The van der Waals surface area contributed by atoms with Gasteiger partial charge in [0, 0.05) is 27.7 Å². The third-order valence-corrected chi connectivity index (χ3v) is 4.47. The summed E-state index contributed by atoms with van der Waals surface area (Å²) in [6.07, 6.45) is 2.13. The van der Waals surface area contributed by atoms with Crippen LogP contribution in [0.15, 0.2) is 48.5 Å². The quantitative estimate of drug-likeness (QED) is 0.824. The van der Waals surface area contributed by atoms with E-state index >= 15 is 0 Å². The van der Waals surface area contributed by atoms with Crippen molar-refractivity contribution in [3.63, 3.8) is 0 Å². The summed E-state index contributed by atoms with van der Waals surface area (Å²) in [6, 6.07) is 14.7. The van der Waals surface area contributed by atoms with Crippen molar-refractivity contribution < 1.29 is 4.79 Å². The van der Waals surface area contributed by atoms with Gasteiger partial charge in [-0.25, -0.2) is 4.79 Å². The molecule has 114 valence electrons. The molecule has 0 radical (unpaired) electrons. The van der Waals surface area contributed by atoms with Gasteiger partial charge in [-0.3, -0.25) is 0 Å². The predicted octanol–water partition coefficient (Wildman–Crippen LogP) is 4.85. The Bertz CT molecular complexity index is 681. The van der Waals surface area contributed by atoms with Crippen molar-refractivity contribution in [1.29, 1.82) is 0 Å². The molecular formula is C17H16Cl2N2O. The zero-order valence-electron chi connectivity index (χ0n) is 11.9. The van der Waals surface area contributed by atoms with E-state index in [1.807, 2.05) is 18.2 Å². The zero-order valence-corrected chi connectivity index (χ0v) is 13.4. The highest BCUT2D eigenvalue weighted by molar-refractivity contribution is 6.30. The fraction of sp³-hybridized carbons (Fsp3) is 0.235. The highest BCUT2D eigenvalue weighted by Gasteiger charge is 2.44. The van der Waals surface area contributed by atoms with Gasteiger partial charge in [0.15, 0.2) is 0 Å². The van der Waals surface area contributed by atoms with Crippen molar-refractivity contribution in [3.05, 3.63) is 64.1 Å². The number of carbonyl (C=O) groups excluding carboxylic acids is 1. The topological polar surface area (TPSA) is 41.1 Å². The molecular weight excluding hydrogens is 319 g/mol. The highest BCUT2D eigenvalue weighted by atomic mass is 35.5. The lowest BCUT2D eigenvalue weighted by atomic mass is 9.96. The molecule has 2 amide bonds. The van der Waals surface area contributed by atoms with Gasteiger partial charge in [0.1, 0.15) is 0 Å². The molecule has 3 rings (SSSR count). The smallest absolute Gasteiger partial charge is 0.319 e. The minimum absolute atomic E-state index is 0.0300. The maximum Gasteiger partial charge on any atom is 0.319 e. The average Bonchev–Trinajstić information content (AvgIpc) is 3.29. The molecule has 0 heterocycles. The number of anilines is 1. The summed E-state index contributed by atoms with van der Waals surface area (Å²) in [5.41, 5.74) is 1.93. The predicted molar refractivity (Wildman–Crippen MR) is 90.8 cm³/mol. The van der Waals surface area contributed by atoms with Gasteiger partial charge in [0.25, 0.3) is 0 Å². The van der Waals surface area contributed by atoms with Gasteiger partial charge in [-0.15, -0.1) is 0 Å². The standard InChI is InChI=1S/C17H16Cl2N2O/c18-13-4-6-15(7-5-13)21-16(22)20-11-17(8-9-17)12-2-1-3-14(19)10-12/h1-7,10H,8-9,11H2,(H2,20,21,22). The van der Waals surface area contributed by atoms with Gasteiger partial charge in [0.2, 0.25) is 0 Å². The SMILES string of the molecule is O=C(NCC1(c2cccc(Cl)c2)CC1)Nc1ccc(Cl)cc1. The number of carbonyl (C=O) groups is 1. The molecule has 2 N–H and O–H groups in total. The molecule has 3 nitrogen and oxygen atoms in total. The Balaban J connectivity index is 1.58. The molecule has 1 aliphatic carbocycles. The number of halogens is 2. The fourth-order valence-corrected chi connectivity index (χ4v) is 2.81. The molecule has 1 aliphatic rings. The number of amides is 2. The largest absolute Gasteiger partial charge is 0.337 e. The van der Waals surface area contributed by atoms with Gasteiger partial charge in [-0.2, -0.15) is 0 Å². The Hall–Kier alpha value is -1.71. The molecule has 22 heavy (non-hydrogen) atoms. The van der Waals surface area contributed by atoms with Crippen LogP contribution in [0.4, 0.5) is 10.5 Å². The Morgan fingerprint density at radius 1 is 1.05 bits per heavy atom. The Morgan fingerprint density at radius 3 is 2.41 bits per heavy atom. The zero-order chi connectivity index (χ0) is 15.6. The number of nitrogens with one attached hydrogen (secondary N) is 2. The first-order chi connectivity index (χ1) is 10.6. The molecule has 0 bridgehead atoms. The van der Waals surface area contributed by atoms with E-state index in [1.54, 1.807) is 24.3 Å². The summed E-state index contributed by atoms with van der Waals surface area (Å²) in [7, 11) is 0. The van der Waals surface area contributed by atoms with Crippen molar-refractivity contribution in [1.82, 2.24) is 5.32 Å². The summed E-state index contributed by atoms with van der Waals surface area (Å²) in [5, 5.41) is 7.11. The molecule has 5 heteroatoms. The van der Waals surface area contributed by atoms with E-state index in [0.29, 0.717) is 11.6 Å². The summed E-state index contributed by atoms with van der Waals surface area (Å²) < 4.78 is 0. The maximum absolute atomic E-state index is 12.0. The fourth-order valence-electron chi connectivity index (χ4n) is 2.49. The lowest BCUT2D eigenvalue weighted by Gasteiger charge is -2.17. The van der Waals surface area contributed by atoms with Crippen LogP contribution in [0.3, 0.4) is 0 Å². The average molecular weight is 335 g/mol. The Labute approximate surface area is 139 Å². The summed E-state index contributed by atoms with van der Waals surface area (Å²) in [6.45, 7) is 0.604. The molecule has 0 saturated heterocycles. The summed E-state index contributed by atoms with van der Waals surface area (Å²) in [4.78, 5) is 12.0. The molecule has 1 saturated carbocycles.